The standard InChI is InChI=1S/2C14H12N2.2C2H4O2.CHF3O3S.2Pd/c2*1-9-3-5-11-7-8-12-6-4-10(2)16-14(12)13(11)15-9;2*1-2(3)4;2-1(3,4)8(5,6)7;;/h2*3-8H,1-2H3;2*1H3,(H,3,4);(H,5,6,7);;/q;;;;;2*+2/p-3. The van der Waals surface area contributed by atoms with Crippen molar-refractivity contribution < 1.29 is 86.8 Å². The van der Waals surface area contributed by atoms with Gasteiger partial charge in [-0.25, -0.2) is 8.42 Å². The molecule has 0 aliphatic rings. The average molecular weight is 897 g/mol. The average Bonchev–Trinajstić information content (AvgIpc) is 2.96. The van der Waals surface area contributed by atoms with Gasteiger partial charge in [-0.2, -0.15) is 13.2 Å². The van der Waals surface area contributed by atoms with Crippen LogP contribution in [0.25, 0.3) is 43.6 Å². The number of benzene rings is 2. The molecular weight excluding hydrogens is 866 g/mol. The first kappa shape index (κ1) is 46.0. The van der Waals surface area contributed by atoms with E-state index < -0.39 is 27.6 Å². The van der Waals surface area contributed by atoms with Gasteiger partial charge in [-0.05, 0) is 65.8 Å². The minimum Gasteiger partial charge on any atom is -0.741 e. The van der Waals surface area contributed by atoms with Crippen LogP contribution in [0.5, 0.6) is 0 Å². The van der Waals surface area contributed by atoms with Gasteiger partial charge in [-0.3, -0.25) is 19.9 Å². The summed E-state index contributed by atoms with van der Waals surface area (Å²) >= 11 is 0. The van der Waals surface area contributed by atoms with E-state index in [1.807, 2.05) is 52.0 Å². The van der Waals surface area contributed by atoms with E-state index in [1.54, 1.807) is 0 Å². The molecule has 4 heterocycles. The van der Waals surface area contributed by atoms with Gasteiger partial charge in [0.15, 0.2) is 10.1 Å². The van der Waals surface area contributed by atoms with Crippen molar-refractivity contribution in [2.45, 2.75) is 47.1 Å². The Balaban J connectivity index is 0.000000664. The van der Waals surface area contributed by atoms with E-state index in [4.69, 9.17) is 32.8 Å². The number of fused-ring (bicyclic) bond motifs is 6. The van der Waals surface area contributed by atoms with Gasteiger partial charge in [0.25, 0.3) is 0 Å². The first-order valence-corrected chi connectivity index (χ1v) is 15.2. The number of alkyl halides is 3. The van der Waals surface area contributed by atoms with Crippen LogP contribution in [0, 0.1) is 27.7 Å². The van der Waals surface area contributed by atoms with Crippen LogP contribution >= 0.6 is 0 Å². The minimum absolute atomic E-state index is 0. The quantitative estimate of drug-likeness (QED) is 0.0913. The molecule has 0 amide bonds. The predicted octanol–water partition coefficient (Wildman–Crippen LogP) is 4.36. The summed E-state index contributed by atoms with van der Waals surface area (Å²) in [6, 6.07) is 24.9. The number of nitrogens with zero attached hydrogens (tertiary/aromatic N) is 4. The van der Waals surface area contributed by atoms with Crippen LogP contribution < -0.4 is 10.2 Å². The first-order chi connectivity index (χ1) is 22.2. The SMILES string of the molecule is CC(=O)[O-].CC(=O)[O-].Cc1ccc2ccc3ccc(C)nc3c2n1.Cc1ccc2ccc3ccc(C)nc3c2n1.O=S(=O)([O-])C(F)(F)F.[Pd+2].[Pd+2]. The van der Waals surface area contributed by atoms with Crippen LogP contribution in [0.4, 0.5) is 13.2 Å². The molecule has 0 aliphatic carbocycles. The number of halogens is 3. The maximum Gasteiger partial charge on any atom is 2.00 e. The molecular formula is C33H30F3N4O7Pd2S+. The summed E-state index contributed by atoms with van der Waals surface area (Å²) < 4.78 is 58.9. The summed E-state index contributed by atoms with van der Waals surface area (Å²) in [5, 5.41) is 22.4. The molecule has 0 atom stereocenters. The van der Waals surface area contributed by atoms with Crippen LogP contribution in [-0.2, 0) is 60.6 Å². The third-order valence-corrected chi connectivity index (χ3v) is 6.45. The molecule has 0 unspecified atom stereocenters. The van der Waals surface area contributed by atoms with E-state index in [0.29, 0.717) is 0 Å². The zero-order valence-electron chi connectivity index (χ0n) is 27.2. The maximum atomic E-state index is 10.7. The van der Waals surface area contributed by atoms with Gasteiger partial charge >= 0.3 is 46.4 Å². The van der Waals surface area contributed by atoms with Crippen LogP contribution in [0.1, 0.15) is 36.6 Å². The summed E-state index contributed by atoms with van der Waals surface area (Å²) in [5.74, 6) is -2.17. The zero-order valence-corrected chi connectivity index (χ0v) is 31.2. The number of aliphatic carboxylic acids is 2. The topological polar surface area (TPSA) is 189 Å². The molecule has 2 aromatic carbocycles. The number of hydrogen-bond donors (Lipinski definition) is 0. The van der Waals surface area contributed by atoms with Gasteiger partial charge in [0.1, 0.15) is 0 Å². The molecule has 17 heteroatoms. The van der Waals surface area contributed by atoms with Gasteiger partial charge in [-0.15, -0.1) is 0 Å². The molecule has 6 rings (SSSR count). The summed E-state index contributed by atoms with van der Waals surface area (Å²) in [5.41, 5.74) is 2.48. The van der Waals surface area contributed by atoms with Crippen molar-refractivity contribution in [2.24, 2.45) is 0 Å². The fraction of sp³-hybridized carbons (Fsp3) is 0.212. The third-order valence-electron chi connectivity index (χ3n) is 5.88. The van der Waals surface area contributed by atoms with Gasteiger partial charge in [-0.1, -0.05) is 48.5 Å². The molecule has 0 N–H and O–H groups in total. The Morgan fingerprint density at radius 1 is 0.520 bits per heavy atom. The number of hydrogen-bond acceptors (Lipinski definition) is 11. The van der Waals surface area contributed by atoms with Crippen LogP contribution in [-0.4, -0.2) is 50.4 Å². The number of pyridine rings is 4. The van der Waals surface area contributed by atoms with Crippen LogP contribution in [0.3, 0.4) is 0 Å². The van der Waals surface area contributed by atoms with E-state index in [2.05, 4.69) is 68.5 Å². The van der Waals surface area contributed by atoms with Gasteiger partial charge in [0, 0.05) is 56.3 Å². The number of aromatic nitrogens is 4. The van der Waals surface area contributed by atoms with Crippen molar-refractivity contribution in [3.63, 3.8) is 0 Å². The van der Waals surface area contributed by atoms with Gasteiger partial charge < -0.3 is 24.4 Å². The third kappa shape index (κ3) is 14.5. The fourth-order valence-corrected chi connectivity index (χ4v) is 3.93. The smallest absolute Gasteiger partial charge is 0.741 e. The summed E-state index contributed by atoms with van der Waals surface area (Å²) in [6.07, 6.45) is 0. The molecule has 0 spiro atoms. The molecule has 0 radical (unpaired) electrons. The molecule has 11 nitrogen and oxygen atoms in total. The summed E-state index contributed by atoms with van der Waals surface area (Å²) in [4.78, 5) is 36.1. The van der Waals surface area contributed by atoms with Crippen molar-refractivity contribution >= 4 is 65.7 Å². The number of rotatable bonds is 0. The van der Waals surface area contributed by atoms with Crippen molar-refractivity contribution in [1.29, 1.82) is 0 Å². The van der Waals surface area contributed by atoms with E-state index in [9.17, 15) is 13.2 Å². The Bertz CT molecular complexity index is 1940. The molecule has 6 aromatic rings. The van der Waals surface area contributed by atoms with Crippen molar-refractivity contribution in [1.82, 2.24) is 19.9 Å². The Hall–Kier alpha value is -3.96. The second-order valence-electron chi connectivity index (χ2n) is 10.1. The Morgan fingerprint density at radius 2 is 0.660 bits per heavy atom. The number of carboxylic acids is 2. The largest absolute Gasteiger partial charge is 2.00 e. The number of aryl methyl sites for hydroxylation is 4. The zero-order chi connectivity index (χ0) is 36.4. The van der Waals surface area contributed by atoms with E-state index in [0.717, 1.165) is 80.2 Å². The monoisotopic (exact) mass is 895 g/mol. The fourth-order valence-electron chi connectivity index (χ4n) is 3.93. The Morgan fingerprint density at radius 3 is 0.800 bits per heavy atom. The molecule has 0 bridgehead atoms. The molecule has 0 saturated heterocycles. The van der Waals surface area contributed by atoms with E-state index >= 15 is 0 Å². The second-order valence-corrected chi connectivity index (χ2v) is 11.5. The second kappa shape index (κ2) is 20.0. The molecule has 50 heavy (non-hydrogen) atoms. The minimum atomic E-state index is -6.09. The van der Waals surface area contributed by atoms with Crippen LogP contribution in [0.2, 0.25) is 0 Å². The maximum absolute atomic E-state index is 10.7. The Kier molecular flexibility index (Phi) is 18.4. The van der Waals surface area contributed by atoms with E-state index in [1.165, 1.54) is 0 Å². The predicted molar refractivity (Wildman–Crippen MR) is 170 cm³/mol. The molecule has 4 aromatic heterocycles. The molecule has 0 saturated carbocycles. The van der Waals surface area contributed by atoms with Gasteiger partial charge in [0.05, 0.1) is 22.1 Å². The van der Waals surface area contributed by atoms with Crippen LogP contribution in [0.15, 0.2) is 72.8 Å². The number of carbonyl (C=O) groups excluding carboxylic acids is 2. The van der Waals surface area contributed by atoms with Crippen molar-refractivity contribution in [3.8, 4) is 0 Å². The van der Waals surface area contributed by atoms with E-state index in [-0.39, 0.29) is 40.8 Å². The first-order valence-electron chi connectivity index (χ1n) is 13.8. The normalized spacial score (nSPS) is 10.4. The molecule has 0 fully saturated rings. The van der Waals surface area contributed by atoms with Gasteiger partial charge in [0.2, 0.25) is 0 Å². The Labute approximate surface area is 313 Å². The number of carboxylic acid groups (broad SMARTS) is 2. The number of carbonyl (C=O) groups is 2. The summed E-state index contributed by atoms with van der Waals surface area (Å²) in [7, 11) is -6.09. The molecule has 270 valence electrons. The molecule has 0 aliphatic heterocycles. The van der Waals surface area contributed by atoms with Crippen molar-refractivity contribution in [3.05, 3.63) is 95.6 Å². The van der Waals surface area contributed by atoms with Crippen molar-refractivity contribution in [2.75, 3.05) is 0 Å². The summed E-state index contributed by atoms with van der Waals surface area (Å²) in [6.45, 7) is 9.98.